The van der Waals surface area contributed by atoms with Crippen molar-refractivity contribution in [3.63, 3.8) is 0 Å². The van der Waals surface area contributed by atoms with Crippen LogP contribution in [0, 0.1) is 12.8 Å². The first-order chi connectivity index (χ1) is 7.66. The van der Waals surface area contributed by atoms with Gasteiger partial charge in [-0.1, -0.05) is 29.8 Å². The van der Waals surface area contributed by atoms with Gasteiger partial charge in [-0.15, -0.1) is 0 Å². The average molecular weight is 219 g/mol. The van der Waals surface area contributed by atoms with E-state index in [1.807, 2.05) is 0 Å². The first-order valence-corrected chi connectivity index (χ1v) is 6.17. The Morgan fingerprint density at radius 2 is 1.94 bits per heavy atom. The van der Waals surface area contributed by atoms with Gasteiger partial charge in [0, 0.05) is 6.04 Å². The smallest absolute Gasteiger partial charge is 0.0540 e. The summed E-state index contributed by atoms with van der Waals surface area (Å²) in [6.07, 6.45) is 3.82. The standard InChI is InChI=1S/C14H21NO/c1-10-3-2-4-12(9-10)14(15)11-5-7-13(16)8-6-11/h2-4,9,11,13-14,16H,5-8,15H2,1H3. The van der Waals surface area contributed by atoms with Crippen LogP contribution in [-0.4, -0.2) is 11.2 Å². The van der Waals surface area contributed by atoms with E-state index < -0.39 is 0 Å². The monoisotopic (exact) mass is 219 g/mol. The van der Waals surface area contributed by atoms with E-state index in [9.17, 15) is 5.11 Å². The fourth-order valence-corrected chi connectivity index (χ4v) is 2.61. The lowest BCUT2D eigenvalue weighted by Gasteiger charge is -2.30. The zero-order chi connectivity index (χ0) is 11.5. The molecule has 16 heavy (non-hydrogen) atoms. The molecule has 2 rings (SSSR count). The molecule has 0 aromatic heterocycles. The third-order valence-corrected chi connectivity index (χ3v) is 3.68. The zero-order valence-electron chi connectivity index (χ0n) is 9.89. The minimum Gasteiger partial charge on any atom is -0.393 e. The van der Waals surface area contributed by atoms with Gasteiger partial charge < -0.3 is 10.8 Å². The molecule has 0 radical (unpaired) electrons. The van der Waals surface area contributed by atoms with Crippen LogP contribution in [0.25, 0.3) is 0 Å². The maximum Gasteiger partial charge on any atom is 0.0540 e. The highest BCUT2D eigenvalue weighted by molar-refractivity contribution is 5.25. The molecule has 1 atom stereocenters. The van der Waals surface area contributed by atoms with Crippen molar-refractivity contribution in [2.45, 2.75) is 44.8 Å². The highest BCUT2D eigenvalue weighted by Gasteiger charge is 2.25. The Labute approximate surface area is 97.5 Å². The second kappa shape index (κ2) is 4.98. The van der Waals surface area contributed by atoms with Crippen molar-refractivity contribution in [2.24, 2.45) is 11.7 Å². The minimum atomic E-state index is -0.0963. The fourth-order valence-electron chi connectivity index (χ4n) is 2.61. The predicted octanol–water partition coefficient (Wildman–Crippen LogP) is 2.55. The zero-order valence-corrected chi connectivity index (χ0v) is 9.89. The molecule has 1 aliphatic carbocycles. The number of hydrogen-bond donors (Lipinski definition) is 2. The molecule has 2 nitrogen and oxygen atoms in total. The number of rotatable bonds is 2. The molecule has 2 heteroatoms. The van der Waals surface area contributed by atoms with Gasteiger partial charge >= 0.3 is 0 Å². The lowest BCUT2D eigenvalue weighted by Crippen LogP contribution is -2.27. The molecule has 0 bridgehead atoms. The summed E-state index contributed by atoms with van der Waals surface area (Å²) in [5, 5.41) is 9.48. The van der Waals surface area contributed by atoms with E-state index in [0.717, 1.165) is 25.7 Å². The molecular formula is C14H21NO. The van der Waals surface area contributed by atoms with Gasteiger partial charge in [0.2, 0.25) is 0 Å². The van der Waals surface area contributed by atoms with E-state index in [-0.39, 0.29) is 12.1 Å². The molecule has 3 N–H and O–H groups in total. The Kier molecular flexibility index (Phi) is 3.62. The number of aliphatic hydroxyl groups is 1. The highest BCUT2D eigenvalue weighted by atomic mass is 16.3. The second-order valence-corrected chi connectivity index (χ2v) is 5.01. The predicted molar refractivity (Wildman–Crippen MR) is 66.1 cm³/mol. The molecule has 0 aliphatic heterocycles. The number of aliphatic hydroxyl groups excluding tert-OH is 1. The summed E-state index contributed by atoms with van der Waals surface area (Å²) >= 11 is 0. The molecule has 88 valence electrons. The fraction of sp³-hybridized carbons (Fsp3) is 0.571. The Hall–Kier alpha value is -0.860. The Bertz CT molecular complexity index is 342. The van der Waals surface area contributed by atoms with Gasteiger partial charge in [-0.25, -0.2) is 0 Å². The van der Waals surface area contributed by atoms with Crippen LogP contribution in [0.15, 0.2) is 24.3 Å². The van der Waals surface area contributed by atoms with Gasteiger partial charge in [-0.2, -0.15) is 0 Å². The van der Waals surface area contributed by atoms with E-state index >= 15 is 0 Å². The first kappa shape index (κ1) is 11.6. The molecule has 0 heterocycles. The number of benzene rings is 1. The van der Waals surface area contributed by atoms with Gasteiger partial charge in [-0.05, 0) is 44.1 Å². The molecule has 1 unspecified atom stereocenters. The summed E-state index contributed by atoms with van der Waals surface area (Å²) in [5.74, 6) is 0.533. The number of aryl methyl sites for hydroxylation is 1. The SMILES string of the molecule is Cc1cccc(C(N)C2CCC(O)CC2)c1. The van der Waals surface area contributed by atoms with Gasteiger partial charge in [-0.3, -0.25) is 0 Å². The molecule has 1 saturated carbocycles. The van der Waals surface area contributed by atoms with Crippen LogP contribution >= 0.6 is 0 Å². The summed E-state index contributed by atoms with van der Waals surface area (Å²) in [6, 6.07) is 8.59. The lowest BCUT2D eigenvalue weighted by molar-refractivity contribution is 0.102. The van der Waals surface area contributed by atoms with E-state index in [1.165, 1.54) is 11.1 Å². The normalized spacial score (nSPS) is 27.7. The quantitative estimate of drug-likeness (QED) is 0.803. The van der Waals surface area contributed by atoms with Gasteiger partial charge in [0.05, 0.1) is 6.10 Å². The lowest BCUT2D eigenvalue weighted by atomic mass is 9.80. The van der Waals surface area contributed by atoms with Crippen LogP contribution in [0.4, 0.5) is 0 Å². The van der Waals surface area contributed by atoms with Crippen molar-refractivity contribution in [1.29, 1.82) is 0 Å². The van der Waals surface area contributed by atoms with Crippen molar-refractivity contribution < 1.29 is 5.11 Å². The second-order valence-electron chi connectivity index (χ2n) is 5.01. The first-order valence-electron chi connectivity index (χ1n) is 6.17. The largest absolute Gasteiger partial charge is 0.393 e. The summed E-state index contributed by atoms with van der Waals surface area (Å²) in [4.78, 5) is 0. The molecule has 0 spiro atoms. The van der Waals surface area contributed by atoms with Crippen LogP contribution in [0.2, 0.25) is 0 Å². The van der Waals surface area contributed by atoms with Gasteiger partial charge in [0.15, 0.2) is 0 Å². The third kappa shape index (κ3) is 2.63. The maximum atomic E-state index is 9.48. The topological polar surface area (TPSA) is 46.2 Å². The number of hydrogen-bond acceptors (Lipinski definition) is 2. The summed E-state index contributed by atoms with van der Waals surface area (Å²) in [5.41, 5.74) is 8.81. The summed E-state index contributed by atoms with van der Waals surface area (Å²) < 4.78 is 0. The van der Waals surface area contributed by atoms with E-state index in [4.69, 9.17) is 5.73 Å². The van der Waals surface area contributed by atoms with E-state index in [0.29, 0.717) is 5.92 Å². The molecule has 0 amide bonds. The van der Waals surface area contributed by atoms with Crippen molar-refractivity contribution >= 4 is 0 Å². The van der Waals surface area contributed by atoms with Crippen LogP contribution in [0.3, 0.4) is 0 Å². The molecule has 0 saturated heterocycles. The molecule has 1 aliphatic rings. The maximum absolute atomic E-state index is 9.48. The third-order valence-electron chi connectivity index (χ3n) is 3.68. The van der Waals surface area contributed by atoms with Crippen molar-refractivity contribution in [3.8, 4) is 0 Å². The van der Waals surface area contributed by atoms with Crippen LogP contribution < -0.4 is 5.73 Å². The number of nitrogens with two attached hydrogens (primary N) is 1. The molecule has 1 aromatic carbocycles. The highest BCUT2D eigenvalue weighted by Crippen LogP contribution is 2.33. The van der Waals surface area contributed by atoms with E-state index in [2.05, 4.69) is 31.2 Å². The minimum absolute atomic E-state index is 0.0963. The van der Waals surface area contributed by atoms with Crippen LogP contribution in [0.5, 0.6) is 0 Å². The van der Waals surface area contributed by atoms with Crippen molar-refractivity contribution in [1.82, 2.24) is 0 Å². The van der Waals surface area contributed by atoms with Crippen molar-refractivity contribution in [3.05, 3.63) is 35.4 Å². The Morgan fingerprint density at radius 1 is 1.25 bits per heavy atom. The molecular weight excluding hydrogens is 198 g/mol. The summed E-state index contributed by atoms with van der Waals surface area (Å²) in [6.45, 7) is 2.10. The van der Waals surface area contributed by atoms with Crippen LogP contribution in [0.1, 0.15) is 42.9 Å². The Morgan fingerprint density at radius 3 is 2.56 bits per heavy atom. The van der Waals surface area contributed by atoms with Gasteiger partial charge in [0.1, 0.15) is 0 Å². The summed E-state index contributed by atoms with van der Waals surface area (Å²) in [7, 11) is 0. The van der Waals surface area contributed by atoms with Crippen molar-refractivity contribution in [2.75, 3.05) is 0 Å². The average Bonchev–Trinajstić information content (AvgIpc) is 2.29. The van der Waals surface area contributed by atoms with E-state index in [1.54, 1.807) is 0 Å². The Balaban J connectivity index is 2.04. The van der Waals surface area contributed by atoms with Crippen LogP contribution in [-0.2, 0) is 0 Å². The molecule has 1 fully saturated rings. The van der Waals surface area contributed by atoms with Gasteiger partial charge in [0.25, 0.3) is 0 Å². The molecule has 1 aromatic rings.